The van der Waals surface area contributed by atoms with E-state index in [9.17, 15) is 9.18 Å². The fraction of sp³-hybridized carbons (Fsp3) is 0.400. The summed E-state index contributed by atoms with van der Waals surface area (Å²) in [5.41, 5.74) is 1.18. The minimum atomic E-state index is -1.04. The largest absolute Gasteiger partial charge is 0.478 e. The van der Waals surface area contributed by atoms with E-state index < -0.39 is 5.97 Å². The van der Waals surface area contributed by atoms with Gasteiger partial charge in [0.15, 0.2) is 0 Å². The van der Waals surface area contributed by atoms with Crippen LogP contribution in [-0.2, 0) is 11.3 Å². The number of carbonyl (C=O) groups is 1. The molecule has 1 aromatic rings. The first-order chi connectivity index (χ1) is 8.93. The lowest BCUT2D eigenvalue weighted by Gasteiger charge is -2.25. The van der Waals surface area contributed by atoms with E-state index in [1.54, 1.807) is 12.1 Å². The topological polar surface area (TPSA) is 40.5 Å². The number of rotatable bonds is 6. The summed E-state index contributed by atoms with van der Waals surface area (Å²) in [5, 5.41) is 8.52. The van der Waals surface area contributed by atoms with Crippen LogP contribution in [0.4, 0.5) is 4.39 Å². The number of benzene rings is 1. The number of carboxylic acid groups (broad SMARTS) is 1. The molecule has 0 fully saturated rings. The predicted molar refractivity (Wildman–Crippen MR) is 74.3 cm³/mol. The molecule has 1 rings (SSSR count). The Morgan fingerprint density at radius 3 is 2.63 bits per heavy atom. The summed E-state index contributed by atoms with van der Waals surface area (Å²) < 4.78 is 13.9. The van der Waals surface area contributed by atoms with Gasteiger partial charge in [0.2, 0.25) is 0 Å². The maximum atomic E-state index is 13.9. The van der Waals surface area contributed by atoms with E-state index in [-0.39, 0.29) is 5.82 Å². The summed E-state index contributed by atoms with van der Waals surface area (Å²) in [6, 6.07) is 5.16. The molecule has 0 aliphatic carbocycles. The molecule has 0 bridgehead atoms. The minimum absolute atomic E-state index is 0.299. The van der Waals surface area contributed by atoms with Crippen molar-refractivity contribution in [2.75, 3.05) is 6.54 Å². The molecule has 0 saturated carbocycles. The van der Waals surface area contributed by atoms with Gasteiger partial charge in [-0.05, 0) is 38.1 Å². The van der Waals surface area contributed by atoms with Crippen molar-refractivity contribution in [3.05, 3.63) is 41.2 Å². The fourth-order valence-electron chi connectivity index (χ4n) is 1.84. The Hall–Kier alpha value is -1.68. The second kappa shape index (κ2) is 7.04. The lowest BCUT2D eigenvalue weighted by atomic mass is 10.1. The maximum absolute atomic E-state index is 13.9. The van der Waals surface area contributed by atoms with E-state index in [4.69, 9.17) is 5.11 Å². The third-order valence-electron chi connectivity index (χ3n) is 3.01. The molecule has 0 aliphatic heterocycles. The van der Waals surface area contributed by atoms with Crippen LogP contribution in [0.3, 0.4) is 0 Å². The van der Waals surface area contributed by atoms with E-state index in [1.165, 1.54) is 12.1 Å². The Morgan fingerprint density at radius 2 is 2.16 bits per heavy atom. The molecule has 1 aromatic carbocycles. The molecule has 0 spiro atoms. The van der Waals surface area contributed by atoms with E-state index in [0.717, 1.165) is 12.6 Å². The van der Waals surface area contributed by atoms with Crippen molar-refractivity contribution in [3.8, 4) is 0 Å². The number of hydrogen-bond donors (Lipinski definition) is 1. The average Bonchev–Trinajstić information content (AvgIpc) is 2.34. The highest BCUT2D eigenvalue weighted by atomic mass is 19.1. The highest BCUT2D eigenvalue weighted by Crippen LogP contribution is 2.15. The van der Waals surface area contributed by atoms with Crippen LogP contribution in [0.15, 0.2) is 24.3 Å². The minimum Gasteiger partial charge on any atom is -0.478 e. The third kappa shape index (κ3) is 4.83. The predicted octanol–water partition coefficient (Wildman–Crippen LogP) is 3.15. The zero-order chi connectivity index (χ0) is 14.4. The first-order valence-electron chi connectivity index (χ1n) is 6.37. The van der Waals surface area contributed by atoms with E-state index in [0.29, 0.717) is 23.7 Å². The Bertz CT molecular complexity index is 469. The van der Waals surface area contributed by atoms with Crippen molar-refractivity contribution >= 4 is 12.0 Å². The second-order valence-electron chi connectivity index (χ2n) is 4.68. The second-order valence-corrected chi connectivity index (χ2v) is 4.68. The van der Waals surface area contributed by atoms with Gasteiger partial charge in [-0.15, -0.1) is 0 Å². The number of aliphatic carboxylic acids is 1. The summed E-state index contributed by atoms with van der Waals surface area (Å²) in [6.07, 6.45) is 2.39. The van der Waals surface area contributed by atoms with Gasteiger partial charge in [0.25, 0.3) is 0 Å². The van der Waals surface area contributed by atoms with Crippen molar-refractivity contribution in [1.82, 2.24) is 4.90 Å². The van der Waals surface area contributed by atoms with Crippen molar-refractivity contribution in [2.45, 2.75) is 33.4 Å². The molecule has 0 atom stereocenters. The zero-order valence-electron chi connectivity index (χ0n) is 11.6. The van der Waals surface area contributed by atoms with Gasteiger partial charge >= 0.3 is 5.97 Å². The van der Waals surface area contributed by atoms with Crippen LogP contribution in [0.1, 0.15) is 31.9 Å². The van der Waals surface area contributed by atoms with Gasteiger partial charge in [0.1, 0.15) is 5.82 Å². The van der Waals surface area contributed by atoms with E-state index in [1.807, 2.05) is 6.92 Å². The average molecular weight is 265 g/mol. The van der Waals surface area contributed by atoms with Crippen LogP contribution >= 0.6 is 0 Å². The molecule has 0 heterocycles. The summed E-state index contributed by atoms with van der Waals surface area (Å²) in [6.45, 7) is 7.61. The summed E-state index contributed by atoms with van der Waals surface area (Å²) in [4.78, 5) is 12.6. The van der Waals surface area contributed by atoms with Gasteiger partial charge in [-0.25, -0.2) is 9.18 Å². The molecular weight excluding hydrogens is 245 g/mol. The van der Waals surface area contributed by atoms with Crippen molar-refractivity contribution in [2.24, 2.45) is 0 Å². The van der Waals surface area contributed by atoms with E-state index >= 15 is 0 Å². The van der Waals surface area contributed by atoms with Crippen LogP contribution in [-0.4, -0.2) is 28.6 Å². The molecule has 0 unspecified atom stereocenters. The van der Waals surface area contributed by atoms with Crippen LogP contribution in [0, 0.1) is 5.82 Å². The van der Waals surface area contributed by atoms with Crippen LogP contribution in [0.5, 0.6) is 0 Å². The molecule has 4 heteroatoms. The van der Waals surface area contributed by atoms with Crippen LogP contribution in [0.2, 0.25) is 0 Å². The number of carboxylic acids is 1. The van der Waals surface area contributed by atoms with E-state index in [2.05, 4.69) is 18.7 Å². The molecule has 0 saturated heterocycles. The van der Waals surface area contributed by atoms with Crippen LogP contribution < -0.4 is 0 Å². The molecule has 104 valence electrons. The highest BCUT2D eigenvalue weighted by Gasteiger charge is 2.10. The maximum Gasteiger partial charge on any atom is 0.328 e. The van der Waals surface area contributed by atoms with Gasteiger partial charge < -0.3 is 5.11 Å². The normalized spacial score (nSPS) is 11.7. The van der Waals surface area contributed by atoms with Crippen molar-refractivity contribution < 1.29 is 14.3 Å². The molecule has 0 amide bonds. The van der Waals surface area contributed by atoms with Gasteiger partial charge in [-0.3, -0.25) is 4.90 Å². The molecule has 0 aliphatic rings. The number of hydrogen-bond acceptors (Lipinski definition) is 2. The smallest absolute Gasteiger partial charge is 0.328 e. The monoisotopic (exact) mass is 265 g/mol. The fourth-order valence-corrected chi connectivity index (χ4v) is 1.84. The Labute approximate surface area is 113 Å². The summed E-state index contributed by atoms with van der Waals surface area (Å²) in [7, 11) is 0. The molecule has 0 aromatic heterocycles. The lowest BCUT2D eigenvalue weighted by Crippen LogP contribution is -2.30. The van der Waals surface area contributed by atoms with Gasteiger partial charge in [-0.1, -0.05) is 19.1 Å². The standard InChI is InChI=1S/C15H20FNO2/c1-4-17(11(2)3)10-13-7-5-12(9-14(13)16)6-8-15(18)19/h5-9,11H,4,10H2,1-3H3,(H,18,19)/b8-6+. The van der Waals surface area contributed by atoms with Crippen LogP contribution in [0.25, 0.3) is 6.08 Å². The van der Waals surface area contributed by atoms with Gasteiger partial charge in [0, 0.05) is 24.2 Å². The number of nitrogens with zero attached hydrogens (tertiary/aromatic N) is 1. The first-order valence-corrected chi connectivity index (χ1v) is 6.37. The molecule has 1 N–H and O–H groups in total. The Morgan fingerprint density at radius 1 is 1.47 bits per heavy atom. The summed E-state index contributed by atoms with van der Waals surface area (Å²) >= 11 is 0. The molecular formula is C15H20FNO2. The molecule has 0 radical (unpaired) electrons. The Kier molecular flexibility index (Phi) is 5.70. The van der Waals surface area contributed by atoms with Gasteiger partial charge in [0.05, 0.1) is 0 Å². The van der Waals surface area contributed by atoms with Crippen molar-refractivity contribution in [1.29, 1.82) is 0 Å². The molecule has 3 nitrogen and oxygen atoms in total. The lowest BCUT2D eigenvalue weighted by molar-refractivity contribution is -0.131. The Balaban J connectivity index is 2.85. The first kappa shape index (κ1) is 15.4. The third-order valence-corrected chi connectivity index (χ3v) is 3.01. The summed E-state index contributed by atoms with van der Waals surface area (Å²) in [5.74, 6) is -1.34. The van der Waals surface area contributed by atoms with Gasteiger partial charge in [-0.2, -0.15) is 0 Å². The SMILES string of the molecule is CCN(Cc1ccc(/C=C/C(=O)O)cc1F)C(C)C. The highest BCUT2D eigenvalue weighted by molar-refractivity contribution is 5.85. The quantitative estimate of drug-likeness (QED) is 0.803. The zero-order valence-corrected chi connectivity index (χ0v) is 11.6. The molecule has 19 heavy (non-hydrogen) atoms. The van der Waals surface area contributed by atoms with Crippen molar-refractivity contribution in [3.63, 3.8) is 0 Å². The number of halogens is 1.